The summed E-state index contributed by atoms with van der Waals surface area (Å²) in [5.74, 6) is -0.804. The number of halogens is 1. The second kappa shape index (κ2) is 7.21. The maximum absolute atomic E-state index is 13.0. The van der Waals surface area contributed by atoms with E-state index in [9.17, 15) is 22.4 Å². The summed E-state index contributed by atoms with van der Waals surface area (Å²) in [6.07, 6.45) is 1.98. The van der Waals surface area contributed by atoms with Crippen molar-refractivity contribution >= 4 is 21.7 Å². The van der Waals surface area contributed by atoms with Gasteiger partial charge >= 0.3 is 0 Å². The predicted octanol–water partition coefficient (Wildman–Crippen LogP) is 1.42. The molecule has 1 atom stereocenters. The van der Waals surface area contributed by atoms with Crippen LogP contribution in [0.5, 0.6) is 0 Å². The van der Waals surface area contributed by atoms with E-state index < -0.39 is 21.8 Å². The summed E-state index contributed by atoms with van der Waals surface area (Å²) >= 11 is 0. The summed E-state index contributed by atoms with van der Waals surface area (Å²) < 4.78 is 39.8. The number of ketones is 1. The Bertz CT molecular complexity index is 753. The standard InChI is InChI=1S/C17H21FN2O4S/c18-14-3-5-16(6-4-14)25(23,24)20-9-1-2-13(12-20)17(22)19-10-7-15(21)8-11-19/h3-6,13H,1-2,7-12H2/t13-/m0/s1. The molecule has 6 nitrogen and oxygen atoms in total. The molecule has 0 spiro atoms. The molecule has 1 amide bonds. The molecule has 0 radical (unpaired) electrons. The van der Waals surface area contributed by atoms with Gasteiger partial charge in [-0.15, -0.1) is 0 Å². The zero-order valence-electron chi connectivity index (χ0n) is 13.9. The molecule has 0 N–H and O–H groups in total. The Morgan fingerprint density at radius 3 is 2.36 bits per heavy atom. The first kappa shape index (κ1) is 18.0. The minimum absolute atomic E-state index is 0.0329. The summed E-state index contributed by atoms with van der Waals surface area (Å²) in [5, 5.41) is 0. The van der Waals surface area contributed by atoms with Crippen LogP contribution in [-0.2, 0) is 19.6 Å². The van der Waals surface area contributed by atoms with Crippen LogP contribution in [0.25, 0.3) is 0 Å². The SMILES string of the molecule is O=C1CCN(C(=O)[C@H]2CCCN(S(=O)(=O)c3ccc(F)cc3)C2)CC1. The van der Waals surface area contributed by atoms with Crippen molar-refractivity contribution in [1.29, 1.82) is 0 Å². The van der Waals surface area contributed by atoms with Crippen molar-refractivity contribution < 1.29 is 22.4 Å². The van der Waals surface area contributed by atoms with Crippen molar-refractivity contribution in [2.75, 3.05) is 26.2 Å². The van der Waals surface area contributed by atoms with E-state index in [1.165, 1.54) is 16.4 Å². The van der Waals surface area contributed by atoms with E-state index in [1.54, 1.807) is 4.90 Å². The van der Waals surface area contributed by atoms with Gasteiger partial charge in [-0.2, -0.15) is 4.31 Å². The first-order valence-electron chi connectivity index (χ1n) is 8.44. The molecule has 0 bridgehead atoms. The lowest BCUT2D eigenvalue weighted by molar-refractivity contribution is -0.139. The Kier molecular flexibility index (Phi) is 5.19. The maximum Gasteiger partial charge on any atom is 0.243 e. The summed E-state index contributed by atoms with van der Waals surface area (Å²) in [6.45, 7) is 1.31. The van der Waals surface area contributed by atoms with Crippen LogP contribution < -0.4 is 0 Å². The molecule has 0 saturated carbocycles. The van der Waals surface area contributed by atoms with Gasteiger partial charge in [0.1, 0.15) is 11.6 Å². The Hall–Kier alpha value is -1.80. The van der Waals surface area contributed by atoms with Gasteiger partial charge in [0, 0.05) is 39.0 Å². The fourth-order valence-corrected chi connectivity index (χ4v) is 4.88. The second-order valence-electron chi connectivity index (χ2n) is 6.52. The van der Waals surface area contributed by atoms with Gasteiger partial charge in [-0.25, -0.2) is 12.8 Å². The Labute approximate surface area is 146 Å². The number of nitrogens with zero attached hydrogens (tertiary/aromatic N) is 2. The smallest absolute Gasteiger partial charge is 0.243 e. The minimum atomic E-state index is -3.74. The minimum Gasteiger partial charge on any atom is -0.342 e. The van der Waals surface area contributed by atoms with Gasteiger partial charge in [0.05, 0.1) is 10.8 Å². The number of hydrogen-bond acceptors (Lipinski definition) is 4. The highest BCUT2D eigenvalue weighted by Crippen LogP contribution is 2.26. The number of likely N-dealkylation sites (tertiary alicyclic amines) is 1. The number of carbonyl (C=O) groups excluding carboxylic acids is 2. The number of rotatable bonds is 3. The van der Waals surface area contributed by atoms with Crippen LogP contribution in [0.2, 0.25) is 0 Å². The molecule has 0 aromatic heterocycles. The molecule has 2 saturated heterocycles. The highest BCUT2D eigenvalue weighted by Gasteiger charge is 2.35. The van der Waals surface area contributed by atoms with Crippen LogP contribution in [0.4, 0.5) is 4.39 Å². The monoisotopic (exact) mass is 368 g/mol. The lowest BCUT2D eigenvalue weighted by atomic mass is 9.97. The third-order valence-corrected chi connectivity index (χ3v) is 6.70. The van der Waals surface area contributed by atoms with Crippen LogP contribution in [0.15, 0.2) is 29.2 Å². The van der Waals surface area contributed by atoms with Gasteiger partial charge < -0.3 is 4.90 Å². The number of hydrogen-bond donors (Lipinski definition) is 0. The first-order valence-corrected chi connectivity index (χ1v) is 9.88. The highest BCUT2D eigenvalue weighted by molar-refractivity contribution is 7.89. The Morgan fingerprint density at radius 1 is 1.08 bits per heavy atom. The van der Waals surface area contributed by atoms with Crippen LogP contribution >= 0.6 is 0 Å². The molecule has 2 heterocycles. The normalized spacial score (nSPS) is 22.8. The van der Waals surface area contributed by atoms with E-state index in [1.807, 2.05) is 0 Å². The molecule has 0 unspecified atom stereocenters. The zero-order chi connectivity index (χ0) is 18.0. The van der Waals surface area contributed by atoms with Gasteiger partial charge in [0.15, 0.2) is 0 Å². The van der Waals surface area contributed by atoms with Gasteiger partial charge in [-0.05, 0) is 37.1 Å². The number of amides is 1. The van der Waals surface area contributed by atoms with E-state index in [2.05, 4.69) is 0 Å². The molecular formula is C17H21FN2O4S. The van der Waals surface area contributed by atoms with Crippen LogP contribution in [0.1, 0.15) is 25.7 Å². The molecule has 1 aromatic rings. The maximum atomic E-state index is 13.0. The molecule has 25 heavy (non-hydrogen) atoms. The average Bonchev–Trinajstić information content (AvgIpc) is 2.62. The molecule has 136 valence electrons. The molecule has 2 fully saturated rings. The first-order chi connectivity index (χ1) is 11.9. The van der Waals surface area contributed by atoms with Crippen molar-refractivity contribution in [2.24, 2.45) is 5.92 Å². The van der Waals surface area contributed by atoms with Crippen molar-refractivity contribution in [3.8, 4) is 0 Å². The summed E-state index contributed by atoms with van der Waals surface area (Å²) in [6, 6.07) is 4.72. The van der Waals surface area contributed by atoms with Crippen molar-refractivity contribution in [2.45, 2.75) is 30.6 Å². The average molecular weight is 368 g/mol. The van der Waals surface area contributed by atoms with Crippen LogP contribution in [0.3, 0.4) is 0 Å². The number of carbonyl (C=O) groups is 2. The predicted molar refractivity (Wildman–Crippen MR) is 88.7 cm³/mol. The number of Topliss-reactive ketones (excluding diaryl/α,β-unsaturated/α-hetero) is 1. The molecule has 1 aromatic carbocycles. The fourth-order valence-electron chi connectivity index (χ4n) is 3.35. The second-order valence-corrected chi connectivity index (χ2v) is 8.46. The fraction of sp³-hybridized carbons (Fsp3) is 0.529. The number of benzene rings is 1. The Balaban J connectivity index is 1.71. The zero-order valence-corrected chi connectivity index (χ0v) is 14.7. The van der Waals surface area contributed by atoms with E-state index in [-0.39, 0.29) is 23.1 Å². The van der Waals surface area contributed by atoms with E-state index >= 15 is 0 Å². The molecule has 2 aliphatic heterocycles. The molecule has 0 aliphatic carbocycles. The van der Waals surface area contributed by atoms with Gasteiger partial charge in [-0.3, -0.25) is 9.59 Å². The van der Waals surface area contributed by atoms with Gasteiger partial charge in [-0.1, -0.05) is 0 Å². The largest absolute Gasteiger partial charge is 0.342 e. The van der Waals surface area contributed by atoms with Crippen molar-refractivity contribution in [1.82, 2.24) is 9.21 Å². The van der Waals surface area contributed by atoms with E-state index in [0.717, 1.165) is 12.1 Å². The summed E-state index contributed by atoms with van der Waals surface area (Å²) in [7, 11) is -3.74. The lowest BCUT2D eigenvalue weighted by Gasteiger charge is -2.35. The van der Waals surface area contributed by atoms with Gasteiger partial charge in [0.2, 0.25) is 15.9 Å². The third-order valence-electron chi connectivity index (χ3n) is 4.82. The van der Waals surface area contributed by atoms with Gasteiger partial charge in [0.25, 0.3) is 0 Å². The number of sulfonamides is 1. The molecule has 2 aliphatic rings. The quantitative estimate of drug-likeness (QED) is 0.809. The van der Waals surface area contributed by atoms with Crippen LogP contribution in [0, 0.1) is 11.7 Å². The molecule has 3 rings (SSSR count). The van der Waals surface area contributed by atoms with Crippen molar-refractivity contribution in [3.63, 3.8) is 0 Å². The molecular weight excluding hydrogens is 347 g/mol. The third kappa shape index (κ3) is 3.90. The van der Waals surface area contributed by atoms with E-state index in [4.69, 9.17) is 0 Å². The molecule has 8 heteroatoms. The summed E-state index contributed by atoms with van der Waals surface area (Å²) in [5.41, 5.74) is 0. The van der Waals surface area contributed by atoms with Crippen LogP contribution in [-0.4, -0.2) is 55.5 Å². The van der Waals surface area contributed by atoms with E-state index in [0.29, 0.717) is 45.3 Å². The topological polar surface area (TPSA) is 74.8 Å². The Morgan fingerprint density at radius 2 is 1.72 bits per heavy atom. The number of piperidine rings is 2. The summed E-state index contributed by atoms with van der Waals surface area (Å²) in [4.78, 5) is 25.7. The lowest BCUT2D eigenvalue weighted by Crippen LogP contribution is -2.48. The highest BCUT2D eigenvalue weighted by atomic mass is 32.2. The van der Waals surface area contributed by atoms with Crippen molar-refractivity contribution in [3.05, 3.63) is 30.1 Å².